The summed E-state index contributed by atoms with van der Waals surface area (Å²) in [7, 11) is 1.91. The van der Waals surface area contributed by atoms with Gasteiger partial charge in [-0.3, -0.25) is 10.0 Å². The van der Waals surface area contributed by atoms with Crippen LogP contribution in [0.4, 0.5) is 15.8 Å². The lowest BCUT2D eigenvalue weighted by Gasteiger charge is -2.35. The zero-order valence-electron chi connectivity index (χ0n) is 18.0. The highest BCUT2D eigenvalue weighted by molar-refractivity contribution is 5.76. The summed E-state index contributed by atoms with van der Waals surface area (Å²) in [4.78, 5) is 14.8. The molecule has 1 aromatic rings. The molecule has 2 aliphatic carbocycles. The second kappa shape index (κ2) is 11.0. The molecule has 2 fully saturated rings. The molecule has 0 heterocycles. The highest BCUT2D eigenvalue weighted by Crippen LogP contribution is 2.33. The van der Waals surface area contributed by atoms with Crippen molar-refractivity contribution in [2.24, 2.45) is 5.92 Å². The number of rotatable bonds is 8. The molecule has 1 amide bonds. The van der Waals surface area contributed by atoms with Crippen molar-refractivity contribution in [2.75, 3.05) is 17.6 Å². The molecule has 0 bridgehead atoms. The summed E-state index contributed by atoms with van der Waals surface area (Å²) in [6.45, 7) is 0. The maximum atomic E-state index is 13.8. The minimum atomic E-state index is -0.474. The van der Waals surface area contributed by atoms with E-state index < -0.39 is 5.82 Å². The van der Waals surface area contributed by atoms with Gasteiger partial charge < -0.3 is 20.7 Å². The van der Waals surface area contributed by atoms with Gasteiger partial charge in [-0.1, -0.05) is 38.5 Å². The zero-order chi connectivity index (χ0) is 21.5. The normalized spacial score (nSPS) is 19.3. The number of nitrogens with zero attached hydrogens (tertiary/aromatic N) is 2. The molecule has 168 valence electrons. The minimum absolute atomic E-state index is 0.0112. The standard InChI is InChI=1S/C23H35FN3O3/c1-26(19-10-6-3-7-11-19)23(28)15-13-20(17-8-4-2-5-9-17)25-21-16-18(24)12-14-22(21)27(29)30/h12,14,16-17,19-20,25,29H,2-11,13,15H2,1H3/q-1/t20-/m0/s1. The molecule has 2 N–H and O–H groups in total. The lowest BCUT2D eigenvalue weighted by atomic mass is 9.82. The number of amides is 1. The number of hydrogen-bond donors (Lipinski definition) is 2. The van der Waals surface area contributed by atoms with E-state index in [0.29, 0.717) is 24.8 Å². The van der Waals surface area contributed by atoms with E-state index in [2.05, 4.69) is 5.32 Å². The number of benzene rings is 1. The quantitative estimate of drug-likeness (QED) is 0.547. The fraction of sp³-hybridized carbons (Fsp3) is 0.696. The Labute approximate surface area is 179 Å². The van der Waals surface area contributed by atoms with Gasteiger partial charge in [-0.05, 0) is 56.2 Å². The molecule has 3 rings (SSSR count). The Morgan fingerprint density at radius 3 is 2.43 bits per heavy atom. The molecule has 1 atom stereocenters. The molecule has 0 aromatic heterocycles. The van der Waals surface area contributed by atoms with Crippen LogP contribution in [0.3, 0.4) is 0 Å². The van der Waals surface area contributed by atoms with Gasteiger partial charge in [-0.15, -0.1) is 0 Å². The molecule has 0 saturated heterocycles. The van der Waals surface area contributed by atoms with E-state index in [0.717, 1.165) is 44.6 Å². The van der Waals surface area contributed by atoms with Crippen LogP contribution in [0.2, 0.25) is 0 Å². The van der Waals surface area contributed by atoms with Crippen molar-refractivity contribution < 1.29 is 14.4 Å². The van der Waals surface area contributed by atoms with Gasteiger partial charge in [0.05, 0.1) is 11.4 Å². The predicted molar refractivity (Wildman–Crippen MR) is 117 cm³/mol. The summed E-state index contributed by atoms with van der Waals surface area (Å²) in [5, 5.41) is 24.0. The molecule has 0 spiro atoms. The Morgan fingerprint density at radius 1 is 1.17 bits per heavy atom. The molecule has 0 radical (unpaired) electrons. The third-order valence-electron chi connectivity index (χ3n) is 6.91. The van der Waals surface area contributed by atoms with Crippen molar-refractivity contribution >= 4 is 17.3 Å². The molecule has 0 unspecified atom stereocenters. The Morgan fingerprint density at radius 2 is 1.80 bits per heavy atom. The molecule has 0 aliphatic heterocycles. The summed E-state index contributed by atoms with van der Waals surface area (Å²) in [6.07, 6.45) is 12.4. The number of carbonyl (C=O) groups is 1. The van der Waals surface area contributed by atoms with Crippen molar-refractivity contribution in [1.82, 2.24) is 4.90 Å². The highest BCUT2D eigenvalue weighted by atomic mass is 19.1. The van der Waals surface area contributed by atoms with Crippen molar-refractivity contribution in [3.63, 3.8) is 0 Å². The summed E-state index contributed by atoms with van der Waals surface area (Å²) in [6, 6.07) is 3.95. The van der Waals surface area contributed by atoms with Crippen molar-refractivity contribution in [3.8, 4) is 0 Å². The summed E-state index contributed by atoms with van der Waals surface area (Å²) in [5.74, 6) is 0.0386. The Hall–Kier alpha value is -1.86. The smallest absolute Gasteiger partial charge is 0.222 e. The second-order valence-electron chi connectivity index (χ2n) is 8.92. The van der Waals surface area contributed by atoms with Crippen LogP contribution in [-0.2, 0) is 4.79 Å². The SMILES string of the molecule is CN(C(=O)CC[C@H](Nc1cc(F)ccc1N([O-])O)C1CCCCC1)C1CCCCC1. The first-order valence-electron chi connectivity index (χ1n) is 11.4. The average Bonchev–Trinajstić information content (AvgIpc) is 2.77. The molecule has 7 heteroatoms. The lowest BCUT2D eigenvalue weighted by Crippen LogP contribution is -2.39. The van der Waals surface area contributed by atoms with E-state index in [9.17, 15) is 19.6 Å². The molecule has 1 aromatic carbocycles. The molecule has 2 saturated carbocycles. The average molecular weight is 421 g/mol. The molecule has 2 aliphatic rings. The maximum Gasteiger partial charge on any atom is 0.222 e. The largest absolute Gasteiger partial charge is 0.733 e. The van der Waals surface area contributed by atoms with Crippen molar-refractivity contribution in [3.05, 3.63) is 29.2 Å². The van der Waals surface area contributed by atoms with Crippen LogP contribution in [-0.4, -0.2) is 35.1 Å². The topological polar surface area (TPSA) is 78.9 Å². The van der Waals surface area contributed by atoms with Gasteiger partial charge in [0.1, 0.15) is 5.82 Å². The first-order chi connectivity index (χ1) is 14.5. The Kier molecular flexibility index (Phi) is 8.33. The van der Waals surface area contributed by atoms with Crippen molar-refractivity contribution in [2.45, 2.75) is 89.1 Å². The van der Waals surface area contributed by atoms with E-state index >= 15 is 0 Å². The van der Waals surface area contributed by atoms with E-state index in [1.807, 2.05) is 11.9 Å². The van der Waals surface area contributed by atoms with Gasteiger partial charge in [0, 0.05) is 25.6 Å². The Balaban J connectivity index is 1.68. The third kappa shape index (κ3) is 6.08. The van der Waals surface area contributed by atoms with E-state index in [-0.39, 0.29) is 28.6 Å². The number of halogens is 1. The summed E-state index contributed by atoms with van der Waals surface area (Å²) in [5.41, 5.74) is 0.263. The Bertz CT molecular complexity index is 688. The van der Waals surface area contributed by atoms with Gasteiger partial charge >= 0.3 is 0 Å². The number of nitrogens with one attached hydrogen (secondary N) is 1. The van der Waals surface area contributed by atoms with Crippen LogP contribution in [0.15, 0.2) is 18.2 Å². The van der Waals surface area contributed by atoms with Gasteiger partial charge in [0.25, 0.3) is 0 Å². The van der Waals surface area contributed by atoms with Crippen LogP contribution in [0.25, 0.3) is 0 Å². The highest BCUT2D eigenvalue weighted by Gasteiger charge is 2.27. The molecular formula is C23H35FN3O3-. The first kappa shape index (κ1) is 22.8. The van der Waals surface area contributed by atoms with Crippen LogP contribution < -0.4 is 10.5 Å². The number of anilines is 2. The molecular weight excluding hydrogens is 385 g/mol. The minimum Gasteiger partial charge on any atom is -0.733 e. The first-order valence-corrected chi connectivity index (χ1v) is 11.4. The predicted octanol–water partition coefficient (Wildman–Crippen LogP) is 5.45. The van der Waals surface area contributed by atoms with E-state index in [4.69, 9.17) is 0 Å². The van der Waals surface area contributed by atoms with Gasteiger partial charge in [0.15, 0.2) is 0 Å². The zero-order valence-corrected chi connectivity index (χ0v) is 18.0. The summed E-state index contributed by atoms with van der Waals surface area (Å²) < 4.78 is 13.8. The van der Waals surface area contributed by atoms with Gasteiger partial charge in [0.2, 0.25) is 5.91 Å². The van der Waals surface area contributed by atoms with E-state index in [1.54, 1.807) is 0 Å². The fourth-order valence-corrected chi connectivity index (χ4v) is 5.08. The number of hydrogen-bond acceptors (Lipinski definition) is 5. The molecule has 30 heavy (non-hydrogen) atoms. The monoisotopic (exact) mass is 420 g/mol. The number of carbonyl (C=O) groups excluding carboxylic acids is 1. The van der Waals surface area contributed by atoms with Crippen LogP contribution in [0.1, 0.15) is 77.0 Å². The summed E-state index contributed by atoms with van der Waals surface area (Å²) >= 11 is 0. The second-order valence-corrected chi connectivity index (χ2v) is 8.92. The van der Waals surface area contributed by atoms with Crippen molar-refractivity contribution in [1.29, 1.82) is 0 Å². The van der Waals surface area contributed by atoms with Crippen LogP contribution in [0, 0.1) is 16.9 Å². The maximum absolute atomic E-state index is 13.8. The third-order valence-corrected chi connectivity index (χ3v) is 6.91. The van der Waals surface area contributed by atoms with Gasteiger partial charge in [-0.2, -0.15) is 0 Å². The molecule has 6 nitrogen and oxygen atoms in total. The van der Waals surface area contributed by atoms with Gasteiger partial charge in [-0.25, -0.2) is 4.39 Å². The van der Waals surface area contributed by atoms with E-state index in [1.165, 1.54) is 37.8 Å². The lowest BCUT2D eigenvalue weighted by molar-refractivity contribution is -0.132. The van der Waals surface area contributed by atoms with Crippen LogP contribution >= 0.6 is 0 Å². The fourth-order valence-electron chi connectivity index (χ4n) is 5.08. The van der Waals surface area contributed by atoms with Crippen LogP contribution in [0.5, 0.6) is 0 Å².